The van der Waals surface area contributed by atoms with E-state index in [0.717, 1.165) is 25.7 Å². The topological polar surface area (TPSA) is 89.5 Å². The molecule has 7 heteroatoms. The van der Waals surface area contributed by atoms with E-state index in [-0.39, 0.29) is 23.0 Å². The Hall–Kier alpha value is -1.89. The second-order valence-corrected chi connectivity index (χ2v) is 8.53. The van der Waals surface area contributed by atoms with Crippen LogP contribution in [0.5, 0.6) is 0 Å². The summed E-state index contributed by atoms with van der Waals surface area (Å²) in [6.07, 6.45) is 4.68. The summed E-state index contributed by atoms with van der Waals surface area (Å²) in [6, 6.07) is 7.11. The summed E-state index contributed by atoms with van der Waals surface area (Å²) >= 11 is 0. The number of sulfone groups is 1. The zero-order chi connectivity index (χ0) is 18.3. The molecule has 1 aromatic carbocycles. The average molecular weight is 367 g/mol. The molecule has 0 radical (unpaired) electrons. The van der Waals surface area contributed by atoms with Gasteiger partial charge in [-0.2, -0.15) is 0 Å². The van der Waals surface area contributed by atoms with Crippen LogP contribution in [0.1, 0.15) is 38.5 Å². The van der Waals surface area contributed by atoms with Crippen LogP contribution in [0.3, 0.4) is 0 Å². The third kappa shape index (κ3) is 5.85. The molecular weight excluding hydrogens is 342 g/mol. The zero-order valence-corrected chi connectivity index (χ0v) is 15.3. The molecule has 0 aliphatic heterocycles. The number of carbonyl (C=O) groups is 2. The highest BCUT2D eigenvalue weighted by Crippen LogP contribution is 2.27. The minimum atomic E-state index is -3.51. The molecule has 6 nitrogen and oxygen atoms in total. The lowest BCUT2D eigenvalue weighted by atomic mass is 10.0. The molecule has 0 unspecified atom stereocenters. The second kappa shape index (κ2) is 8.99. The summed E-state index contributed by atoms with van der Waals surface area (Å²) in [4.78, 5) is 24.3. The number of hydrogen-bond acceptors (Lipinski definition) is 5. The number of methoxy groups -OCH3 is 1. The molecule has 1 saturated carbocycles. The predicted octanol–water partition coefficient (Wildman–Crippen LogP) is 2.09. The van der Waals surface area contributed by atoms with E-state index in [2.05, 4.69) is 5.32 Å². The van der Waals surface area contributed by atoms with E-state index >= 15 is 0 Å². The quantitative estimate of drug-likeness (QED) is 0.711. The lowest BCUT2D eigenvalue weighted by Gasteiger charge is -2.18. The highest BCUT2D eigenvalue weighted by molar-refractivity contribution is 7.91. The first-order chi connectivity index (χ1) is 11.9. The van der Waals surface area contributed by atoms with Crippen LogP contribution in [0.15, 0.2) is 35.2 Å². The van der Waals surface area contributed by atoms with Crippen molar-refractivity contribution in [3.8, 4) is 0 Å². The van der Waals surface area contributed by atoms with Crippen molar-refractivity contribution in [2.24, 2.45) is 5.92 Å². The number of hydrogen-bond donors (Lipinski definition) is 1. The van der Waals surface area contributed by atoms with Crippen LogP contribution >= 0.6 is 0 Å². The van der Waals surface area contributed by atoms with Gasteiger partial charge in [0, 0.05) is 6.42 Å². The summed E-state index contributed by atoms with van der Waals surface area (Å²) in [5.74, 6) is -0.727. The van der Waals surface area contributed by atoms with Crippen LogP contribution in [0, 0.1) is 5.92 Å². The maximum absolute atomic E-state index is 12.3. The predicted molar refractivity (Wildman–Crippen MR) is 93.6 cm³/mol. The molecule has 1 aromatic rings. The van der Waals surface area contributed by atoms with Crippen molar-refractivity contribution >= 4 is 21.7 Å². The minimum Gasteiger partial charge on any atom is -0.467 e. The zero-order valence-electron chi connectivity index (χ0n) is 14.4. The van der Waals surface area contributed by atoms with Crippen molar-refractivity contribution in [1.29, 1.82) is 0 Å². The maximum atomic E-state index is 12.3. The van der Waals surface area contributed by atoms with Gasteiger partial charge in [-0.1, -0.05) is 31.0 Å². The van der Waals surface area contributed by atoms with Crippen molar-refractivity contribution in [2.45, 2.75) is 49.5 Å². The summed E-state index contributed by atoms with van der Waals surface area (Å²) in [7, 11) is -2.29. The molecule has 1 aliphatic rings. The molecule has 1 atom stereocenters. The largest absolute Gasteiger partial charge is 0.467 e. The van der Waals surface area contributed by atoms with Crippen molar-refractivity contribution < 1.29 is 22.7 Å². The number of ether oxygens (including phenoxy) is 1. The molecule has 1 fully saturated rings. The van der Waals surface area contributed by atoms with E-state index in [4.69, 9.17) is 4.74 Å². The Labute approximate surface area is 148 Å². The van der Waals surface area contributed by atoms with E-state index in [9.17, 15) is 18.0 Å². The Morgan fingerprint density at radius 3 is 2.44 bits per heavy atom. The van der Waals surface area contributed by atoms with Crippen molar-refractivity contribution in [3.63, 3.8) is 0 Å². The van der Waals surface area contributed by atoms with E-state index in [0.29, 0.717) is 12.3 Å². The molecule has 1 amide bonds. The summed E-state index contributed by atoms with van der Waals surface area (Å²) in [5.41, 5.74) is 0. The van der Waals surface area contributed by atoms with Crippen LogP contribution < -0.4 is 5.32 Å². The van der Waals surface area contributed by atoms with Gasteiger partial charge < -0.3 is 10.1 Å². The molecule has 0 heterocycles. The normalized spacial score (nSPS) is 16.4. The number of nitrogens with one attached hydrogen (secondary N) is 1. The molecule has 1 N–H and O–H groups in total. The monoisotopic (exact) mass is 367 g/mol. The van der Waals surface area contributed by atoms with Gasteiger partial charge in [0.2, 0.25) is 5.91 Å². The van der Waals surface area contributed by atoms with Gasteiger partial charge in [-0.25, -0.2) is 13.2 Å². The SMILES string of the molecule is COC(=O)[C@H](CCS(=O)(=O)c1ccccc1)NC(=O)CC1CCCC1. The first-order valence-electron chi connectivity index (χ1n) is 8.57. The van der Waals surface area contributed by atoms with Gasteiger partial charge in [0.25, 0.3) is 0 Å². The Morgan fingerprint density at radius 1 is 1.20 bits per heavy atom. The highest BCUT2D eigenvalue weighted by atomic mass is 32.2. The lowest BCUT2D eigenvalue weighted by molar-refractivity contribution is -0.145. The van der Waals surface area contributed by atoms with Crippen molar-refractivity contribution in [2.75, 3.05) is 12.9 Å². The Balaban J connectivity index is 1.95. The first kappa shape index (κ1) is 19.4. The molecular formula is C18H25NO5S. The summed E-state index contributed by atoms with van der Waals surface area (Å²) in [6.45, 7) is 0. The number of benzene rings is 1. The Kier molecular flexibility index (Phi) is 6.99. The van der Waals surface area contributed by atoms with Gasteiger partial charge in [0.15, 0.2) is 9.84 Å². The number of carbonyl (C=O) groups excluding carboxylic acids is 2. The number of esters is 1. The summed E-state index contributed by atoms with van der Waals surface area (Å²) in [5, 5.41) is 2.64. The van der Waals surface area contributed by atoms with Gasteiger partial charge in [-0.15, -0.1) is 0 Å². The minimum absolute atomic E-state index is 0.0136. The van der Waals surface area contributed by atoms with Gasteiger partial charge >= 0.3 is 5.97 Å². The Morgan fingerprint density at radius 2 is 1.84 bits per heavy atom. The van der Waals surface area contributed by atoms with E-state index < -0.39 is 21.8 Å². The van der Waals surface area contributed by atoms with E-state index in [1.165, 1.54) is 19.2 Å². The van der Waals surface area contributed by atoms with Crippen LogP contribution in [0.4, 0.5) is 0 Å². The molecule has 138 valence electrons. The second-order valence-electron chi connectivity index (χ2n) is 6.42. The van der Waals surface area contributed by atoms with Crippen LogP contribution in [-0.2, 0) is 24.2 Å². The molecule has 1 aliphatic carbocycles. The highest BCUT2D eigenvalue weighted by Gasteiger charge is 2.26. The lowest BCUT2D eigenvalue weighted by Crippen LogP contribution is -2.43. The van der Waals surface area contributed by atoms with E-state index in [1.807, 2.05) is 0 Å². The third-order valence-electron chi connectivity index (χ3n) is 4.55. The summed E-state index contributed by atoms with van der Waals surface area (Å²) < 4.78 is 29.4. The average Bonchev–Trinajstić information content (AvgIpc) is 3.11. The molecule has 0 aromatic heterocycles. The smallest absolute Gasteiger partial charge is 0.328 e. The fourth-order valence-electron chi connectivity index (χ4n) is 3.14. The van der Waals surface area contributed by atoms with Crippen molar-refractivity contribution in [3.05, 3.63) is 30.3 Å². The standard InChI is InChI=1S/C18H25NO5S/c1-24-18(21)16(19-17(20)13-14-7-5-6-8-14)11-12-25(22,23)15-9-3-2-4-10-15/h2-4,9-10,14,16H,5-8,11-13H2,1H3,(H,19,20)/t16-/m0/s1. The fraction of sp³-hybridized carbons (Fsp3) is 0.556. The molecule has 0 spiro atoms. The van der Waals surface area contributed by atoms with E-state index in [1.54, 1.807) is 18.2 Å². The van der Waals surface area contributed by atoms with Gasteiger partial charge in [-0.05, 0) is 37.3 Å². The fourth-order valence-corrected chi connectivity index (χ4v) is 4.49. The number of amides is 1. The van der Waals surface area contributed by atoms with Crippen molar-refractivity contribution in [1.82, 2.24) is 5.32 Å². The molecule has 2 rings (SSSR count). The van der Waals surface area contributed by atoms with Gasteiger partial charge in [-0.3, -0.25) is 4.79 Å². The van der Waals surface area contributed by atoms with Gasteiger partial charge in [0.1, 0.15) is 6.04 Å². The molecule has 0 saturated heterocycles. The molecule has 0 bridgehead atoms. The molecule has 25 heavy (non-hydrogen) atoms. The van der Waals surface area contributed by atoms with Crippen LogP contribution in [-0.4, -0.2) is 39.2 Å². The maximum Gasteiger partial charge on any atom is 0.328 e. The Bertz CT molecular complexity index is 681. The number of rotatable bonds is 8. The van der Waals surface area contributed by atoms with Crippen LogP contribution in [0.25, 0.3) is 0 Å². The van der Waals surface area contributed by atoms with Crippen LogP contribution in [0.2, 0.25) is 0 Å². The third-order valence-corrected chi connectivity index (χ3v) is 6.31. The first-order valence-corrected chi connectivity index (χ1v) is 10.2. The van der Waals surface area contributed by atoms with Gasteiger partial charge in [0.05, 0.1) is 17.8 Å².